The minimum atomic E-state index is -0.299. The summed E-state index contributed by atoms with van der Waals surface area (Å²) >= 11 is 0. The van der Waals surface area contributed by atoms with Crippen molar-refractivity contribution in [2.24, 2.45) is 0 Å². The number of benzene rings is 15. The first-order valence-electron chi connectivity index (χ1n) is 30.6. The first kappa shape index (κ1) is 49.7. The maximum Gasteiger partial charge on any atom is 0.0582 e. The lowest BCUT2D eigenvalue weighted by molar-refractivity contribution is 0.594. The Morgan fingerprint density at radius 1 is 0.253 bits per heavy atom. The van der Waals surface area contributed by atoms with E-state index >= 15 is 0 Å². The van der Waals surface area contributed by atoms with Crippen LogP contribution in [-0.2, 0) is 10.8 Å². The summed E-state index contributed by atoms with van der Waals surface area (Å²) in [6.07, 6.45) is 0. The van der Waals surface area contributed by atoms with Crippen molar-refractivity contribution in [3.8, 4) is 27.9 Å². The van der Waals surface area contributed by atoms with Crippen molar-refractivity contribution < 1.29 is 0 Å². The number of aromatic nitrogens is 1. The average Bonchev–Trinajstić information content (AvgIpc) is 1.56. The summed E-state index contributed by atoms with van der Waals surface area (Å²) < 4.78 is 2.67. The molecule has 1 aromatic heterocycles. The van der Waals surface area contributed by atoms with Crippen LogP contribution in [0.1, 0.15) is 49.9 Å². The number of para-hydroxylation sites is 1. The molecule has 15 aromatic carbocycles. The zero-order valence-electron chi connectivity index (χ0n) is 49.0. The molecule has 18 rings (SSSR count). The summed E-state index contributed by atoms with van der Waals surface area (Å²) in [5, 5.41) is 17.1. The molecule has 3 heteroatoms. The van der Waals surface area contributed by atoms with Crippen molar-refractivity contribution in [1.82, 2.24) is 4.57 Å². The van der Waals surface area contributed by atoms with Gasteiger partial charge in [-0.05, 0) is 183 Å². The van der Waals surface area contributed by atoms with Gasteiger partial charge in [-0.25, -0.2) is 0 Å². The molecule has 0 saturated heterocycles. The van der Waals surface area contributed by atoms with Crippen molar-refractivity contribution in [3.05, 3.63) is 307 Å². The van der Waals surface area contributed by atoms with E-state index in [-0.39, 0.29) is 10.8 Å². The smallest absolute Gasteiger partial charge is 0.0582 e. The fraction of sp³-hybridized carbons (Fsp3) is 0.0714. The highest BCUT2D eigenvalue weighted by Gasteiger charge is 2.44. The summed E-state index contributed by atoms with van der Waals surface area (Å²) in [5.41, 5.74) is 20.5. The minimum absolute atomic E-state index is 0.299. The number of hydrogen-bond acceptors (Lipinski definition) is 2. The molecule has 0 atom stereocenters. The van der Waals surface area contributed by atoms with Gasteiger partial charge in [-0.15, -0.1) is 0 Å². The van der Waals surface area contributed by atoms with E-state index in [2.05, 4.69) is 327 Å². The van der Waals surface area contributed by atoms with Crippen LogP contribution in [0.3, 0.4) is 0 Å². The van der Waals surface area contributed by atoms with Crippen LogP contribution in [0.5, 0.6) is 0 Å². The topological polar surface area (TPSA) is 11.4 Å². The van der Waals surface area contributed by atoms with E-state index < -0.39 is 0 Å². The minimum Gasteiger partial charge on any atom is -0.310 e. The Kier molecular flexibility index (Phi) is 10.5. The molecule has 0 radical (unpaired) electrons. The van der Waals surface area contributed by atoms with E-state index in [0.29, 0.717) is 0 Å². The molecular formula is C84H59N3. The van der Waals surface area contributed by atoms with E-state index in [1.807, 2.05) is 0 Å². The van der Waals surface area contributed by atoms with Crippen LogP contribution in [-0.4, -0.2) is 4.57 Å². The third-order valence-electron chi connectivity index (χ3n) is 19.8. The van der Waals surface area contributed by atoms with Gasteiger partial charge in [0, 0.05) is 55.1 Å². The second-order valence-electron chi connectivity index (χ2n) is 25.3. The van der Waals surface area contributed by atoms with Crippen LogP contribution in [0.25, 0.3) is 114 Å². The molecular weight excluding hydrogens is 1050 g/mol. The maximum atomic E-state index is 2.67. The normalized spacial score (nSPS) is 13.7. The Hall–Kier alpha value is -10.7. The van der Waals surface area contributed by atoms with Crippen molar-refractivity contribution in [2.45, 2.75) is 38.5 Å². The van der Waals surface area contributed by atoms with Gasteiger partial charge in [0.1, 0.15) is 0 Å². The molecule has 0 spiro atoms. The molecule has 16 aromatic rings. The van der Waals surface area contributed by atoms with Gasteiger partial charge in [-0.1, -0.05) is 228 Å². The standard InChI is InChI=1S/C84H59N3/c1-83(2)74-30-17-31-75-82(74)87-80-72(48-60(50-76(80)83)66-40-42-78(70-28-15-13-26-68(66)70)85(62-36-32-52-18-5-9-22-56(52)44-62)63-37-33-53-19-6-10-23-57(53)45-63)73-49-61(51-77(81(73)87)84(75,3)4)67-41-43-79(71-29-16-14-27-69(67)71)86(64-38-34-54-20-7-11-24-58(54)46-64)65-39-35-55-21-8-12-25-59(55)47-65/h5-51H,1-4H3. The zero-order valence-corrected chi connectivity index (χ0v) is 49.0. The Bertz CT molecular complexity index is 5120. The van der Waals surface area contributed by atoms with Gasteiger partial charge in [-0.2, -0.15) is 0 Å². The molecule has 0 N–H and O–H groups in total. The quantitative estimate of drug-likeness (QED) is 0.150. The molecule has 2 aliphatic heterocycles. The molecule has 0 saturated carbocycles. The highest BCUT2D eigenvalue weighted by atomic mass is 15.1. The Balaban J connectivity index is 0.861. The largest absolute Gasteiger partial charge is 0.310 e. The number of anilines is 6. The van der Waals surface area contributed by atoms with E-state index in [1.165, 1.54) is 137 Å². The highest BCUT2D eigenvalue weighted by Crippen LogP contribution is 2.58. The number of fused-ring (bicyclic) bond motifs is 7. The Morgan fingerprint density at radius 3 is 0.931 bits per heavy atom. The third-order valence-corrected chi connectivity index (χ3v) is 19.8. The fourth-order valence-corrected chi connectivity index (χ4v) is 15.4. The van der Waals surface area contributed by atoms with Crippen LogP contribution in [0.4, 0.5) is 34.1 Å². The third kappa shape index (κ3) is 7.30. The summed E-state index contributed by atoms with van der Waals surface area (Å²) in [6, 6.07) is 107. The Labute approximate surface area is 505 Å². The first-order valence-corrected chi connectivity index (χ1v) is 30.6. The molecule has 3 heterocycles. The van der Waals surface area contributed by atoms with Gasteiger partial charge < -0.3 is 14.4 Å². The summed E-state index contributed by atoms with van der Waals surface area (Å²) in [6.45, 7) is 9.81. The molecule has 0 aliphatic carbocycles. The molecule has 2 aliphatic rings. The molecule has 3 nitrogen and oxygen atoms in total. The van der Waals surface area contributed by atoms with Gasteiger partial charge >= 0.3 is 0 Å². The van der Waals surface area contributed by atoms with E-state index in [0.717, 1.165) is 34.1 Å². The van der Waals surface area contributed by atoms with Crippen LogP contribution in [0, 0.1) is 0 Å². The summed E-state index contributed by atoms with van der Waals surface area (Å²) in [4.78, 5) is 4.92. The molecule has 0 fully saturated rings. The van der Waals surface area contributed by atoms with Crippen LogP contribution in [0.15, 0.2) is 285 Å². The summed E-state index contributed by atoms with van der Waals surface area (Å²) in [7, 11) is 0. The van der Waals surface area contributed by atoms with Crippen LogP contribution >= 0.6 is 0 Å². The molecule has 87 heavy (non-hydrogen) atoms. The molecule has 0 amide bonds. The Morgan fingerprint density at radius 2 is 0.575 bits per heavy atom. The lowest BCUT2D eigenvalue weighted by Crippen LogP contribution is -2.33. The van der Waals surface area contributed by atoms with Crippen molar-refractivity contribution >= 4 is 121 Å². The number of nitrogens with zero attached hydrogens (tertiary/aromatic N) is 3. The van der Waals surface area contributed by atoms with Gasteiger partial charge in [0.05, 0.1) is 28.1 Å². The lowest BCUT2D eigenvalue weighted by atomic mass is 9.68. The van der Waals surface area contributed by atoms with Crippen molar-refractivity contribution in [1.29, 1.82) is 0 Å². The van der Waals surface area contributed by atoms with Gasteiger partial charge in [-0.3, -0.25) is 0 Å². The maximum absolute atomic E-state index is 2.67. The average molecular weight is 1110 g/mol. The molecule has 0 unspecified atom stereocenters. The predicted molar refractivity (Wildman–Crippen MR) is 370 cm³/mol. The zero-order chi connectivity index (χ0) is 57.9. The van der Waals surface area contributed by atoms with Crippen LogP contribution in [0.2, 0.25) is 0 Å². The first-order chi connectivity index (χ1) is 42.6. The lowest BCUT2D eigenvalue weighted by Gasteiger charge is -2.42. The second kappa shape index (κ2) is 18.4. The van der Waals surface area contributed by atoms with E-state index in [1.54, 1.807) is 0 Å². The monoisotopic (exact) mass is 1110 g/mol. The van der Waals surface area contributed by atoms with Gasteiger partial charge in [0.15, 0.2) is 0 Å². The molecule has 410 valence electrons. The van der Waals surface area contributed by atoms with Gasteiger partial charge in [0.25, 0.3) is 0 Å². The van der Waals surface area contributed by atoms with E-state index in [4.69, 9.17) is 0 Å². The number of rotatable bonds is 8. The van der Waals surface area contributed by atoms with Crippen molar-refractivity contribution in [2.75, 3.05) is 9.80 Å². The van der Waals surface area contributed by atoms with Gasteiger partial charge in [0.2, 0.25) is 0 Å². The van der Waals surface area contributed by atoms with E-state index in [9.17, 15) is 0 Å². The highest BCUT2D eigenvalue weighted by molar-refractivity contribution is 6.18. The van der Waals surface area contributed by atoms with Crippen LogP contribution < -0.4 is 9.80 Å². The fourth-order valence-electron chi connectivity index (χ4n) is 15.4. The SMILES string of the molecule is CC1(C)c2cccc3c2-n2c4c1cc(-c1ccc(N(c5ccc6ccccc6c5)c5ccc6ccccc6c5)c5ccccc15)cc4c1cc(-c4ccc(N(c5ccc6ccccc6c5)c5ccc6ccccc6c5)c5ccccc45)cc(c12)C3(C)C. The molecule has 0 bridgehead atoms. The summed E-state index contributed by atoms with van der Waals surface area (Å²) in [5.74, 6) is 0. The second-order valence-corrected chi connectivity index (χ2v) is 25.3. The van der Waals surface area contributed by atoms with Crippen molar-refractivity contribution in [3.63, 3.8) is 0 Å². The predicted octanol–water partition coefficient (Wildman–Crippen LogP) is 23.3. The number of hydrogen-bond donors (Lipinski definition) is 0.